The molecule has 0 spiro atoms. The summed E-state index contributed by atoms with van der Waals surface area (Å²) in [5.41, 5.74) is 0. The van der Waals surface area contributed by atoms with Crippen LogP contribution in [0, 0.1) is 0 Å². The standard InChI is InChI=1S/C9H16ClNO3/c1-3-14-8(12)5-4-6-11-9(13)7(2)10/h7H,3-6H2,1-2H3,(H,11,13). The molecule has 5 heteroatoms. The summed E-state index contributed by atoms with van der Waals surface area (Å²) in [5.74, 6) is -0.448. The molecule has 1 atom stereocenters. The van der Waals surface area contributed by atoms with Crippen LogP contribution in [0.5, 0.6) is 0 Å². The molecular formula is C9H16ClNO3. The molecule has 82 valence electrons. The quantitative estimate of drug-likeness (QED) is 0.415. The van der Waals surface area contributed by atoms with E-state index in [1.54, 1.807) is 13.8 Å². The molecule has 0 radical (unpaired) electrons. The van der Waals surface area contributed by atoms with E-state index in [0.717, 1.165) is 0 Å². The Kier molecular flexibility index (Phi) is 7.20. The van der Waals surface area contributed by atoms with Gasteiger partial charge in [0, 0.05) is 13.0 Å². The number of rotatable bonds is 6. The predicted molar refractivity (Wildman–Crippen MR) is 54.2 cm³/mol. The maximum Gasteiger partial charge on any atom is 0.305 e. The second-order valence-electron chi connectivity index (χ2n) is 2.82. The molecule has 1 unspecified atom stereocenters. The SMILES string of the molecule is CCOC(=O)CCCNC(=O)C(C)Cl. The molecular weight excluding hydrogens is 206 g/mol. The highest BCUT2D eigenvalue weighted by atomic mass is 35.5. The van der Waals surface area contributed by atoms with Gasteiger partial charge in [0.05, 0.1) is 6.61 Å². The van der Waals surface area contributed by atoms with Crippen molar-refractivity contribution in [2.24, 2.45) is 0 Å². The van der Waals surface area contributed by atoms with Crippen molar-refractivity contribution in [3.63, 3.8) is 0 Å². The molecule has 0 rings (SSSR count). The number of halogens is 1. The fourth-order valence-electron chi connectivity index (χ4n) is 0.818. The highest BCUT2D eigenvalue weighted by molar-refractivity contribution is 6.30. The summed E-state index contributed by atoms with van der Waals surface area (Å²) in [6.45, 7) is 4.20. The third-order valence-corrected chi connectivity index (χ3v) is 1.72. The Balaban J connectivity index is 3.38. The van der Waals surface area contributed by atoms with Crippen LogP contribution >= 0.6 is 11.6 Å². The van der Waals surface area contributed by atoms with Gasteiger partial charge in [-0.25, -0.2) is 0 Å². The van der Waals surface area contributed by atoms with Crippen molar-refractivity contribution < 1.29 is 14.3 Å². The van der Waals surface area contributed by atoms with E-state index < -0.39 is 5.38 Å². The lowest BCUT2D eigenvalue weighted by atomic mass is 10.3. The second kappa shape index (κ2) is 7.62. The Hall–Kier alpha value is -0.770. The van der Waals surface area contributed by atoms with Crippen LogP contribution in [-0.4, -0.2) is 30.4 Å². The number of esters is 1. The number of hydrogen-bond acceptors (Lipinski definition) is 3. The van der Waals surface area contributed by atoms with Gasteiger partial charge >= 0.3 is 5.97 Å². The van der Waals surface area contributed by atoms with Crippen LogP contribution in [0.1, 0.15) is 26.7 Å². The molecule has 0 aromatic heterocycles. The minimum atomic E-state index is -0.530. The molecule has 14 heavy (non-hydrogen) atoms. The van der Waals surface area contributed by atoms with Gasteiger partial charge in [0.15, 0.2) is 0 Å². The van der Waals surface area contributed by atoms with E-state index in [1.165, 1.54) is 0 Å². The highest BCUT2D eigenvalue weighted by Gasteiger charge is 2.08. The summed E-state index contributed by atoms with van der Waals surface area (Å²) in [6.07, 6.45) is 0.902. The summed E-state index contributed by atoms with van der Waals surface area (Å²) in [6, 6.07) is 0. The first-order valence-electron chi connectivity index (χ1n) is 4.65. The predicted octanol–water partition coefficient (Wildman–Crippen LogP) is 1.07. The highest BCUT2D eigenvalue weighted by Crippen LogP contribution is 1.94. The first kappa shape index (κ1) is 13.2. The van der Waals surface area contributed by atoms with Crippen LogP contribution in [-0.2, 0) is 14.3 Å². The summed E-state index contributed by atoms with van der Waals surface area (Å²) >= 11 is 5.52. The van der Waals surface area contributed by atoms with Gasteiger partial charge in [0.25, 0.3) is 0 Å². The molecule has 0 aliphatic carbocycles. The maximum absolute atomic E-state index is 11.0. The van der Waals surface area contributed by atoms with Crippen LogP contribution in [0.4, 0.5) is 0 Å². The Morgan fingerprint density at radius 1 is 1.50 bits per heavy atom. The van der Waals surface area contributed by atoms with Gasteiger partial charge in [-0.2, -0.15) is 0 Å². The molecule has 0 bridgehead atoms. The molecule has 1 N–H and O–H groups in total. The molecule has 0 aliphatic rings. The third kappa shape index (κ3) is 6.71. The number of nitrogens with one attached hydrogen (secondary N) is 1. The maximum atomic E-state index is 11.0. The van der Waals surface area contributed by atoms with Gasteiger partial charge in [-0.05, 0) is 20.3 Å². The molecule has 4 nitrogen and oxygen atoms in total. The minimum Gasteiger partial charge on any atom is -0.466 e. The third-order valence-electron chi connectivity index (χ3n) is 1.52. The van der Waals surface area contributed by atoms with Crippen LogP contribution in [0.15, 0.2) is 0 Å². The Labute approximate surface area is 88.9 Å². The fourth-order valence-corrected chi connectivity index (χ4v) is 0.895. The van der Waals surface area contributed by atoms with Crippen LogP contribution in [0.3, 0.4) is 0 Å². The zero-order valence-corrected chi connectivity index (χ0v) is 9.26. The van der Waals surface area contributed by atoms with Crippen LogP contribution in [0.2, 0.25) is 0 Å². The first-order chi connectivity index (χ1) is 6.57. The molecule has 0 aliphatic heterocycles. The lowest BCUT2D eigenvalue weighted by molar-refractivity contribution is -0.143. The number of carbonyl (C=O) groups is 2. The van der Waals surface area contributed by atoms with Crippen LogP contribution < -0.4 is 5.32 Å². The van der Waals surface area contributed by atoms with E-state index in [9.17, 15) is 9.59 Å². The fraction of sp³-hybridized carbons (Fsp3) is 0.778. The van der Waals surface area contributed by atoms with Crippen LogP contribution in [0.25, 0.3) is 0 Å². The topological polar surface area (TPSA) is 55.4 Å². The average Bonchev–Trinajstić information content (AvgIpc) is 2.12. The second-order valence-corrected chi connectivity index (χ2v) is 3.47. The molecule has 0 saturated heterocycles. The Bertz CT molecular complexity index is 194. The van der Waals surface area contributed by atoms with E-state index in [1.807, 2.05) is 0 Å². The zero-order chi connectivity index (χ0) is 11.0. The van der Waals surface area contributed by atoms with Crippen molar-refractivity contribution >= 4 is 23.5 Å². The lowest BCUT2D eigenvalue weighted by Crippen LogP contribution is -2.30. The summed E-state index contributed by atoms with van der Waals surface area (Å²) < 4.78 is 4.72. The summed E-state index contributed by atoms with van der Waals surface area (Å²) in [4.78, 5) is 21.8. The van der Waals surface area contributed by atoms with Crippen molar-refractivity contribution in [1.29, 1.82) is 0 Å². The van der Waals surface area contributed by atoms with Gasteiger partial charge in [0.2, 0.25) is 5.91 Å². The lowest BCUT2D eigenvalue weighted by Gasteiger charge is -2.05. The van der Waals surface area contributed by atoms with E-state index in [4.69, 9.17) is 16.3 Å². The average molecular weight is 222 g/mol. The largest absolute Gasteiger partial charge is 0.466 e. The normalized spacial score (nSPS) is 11.9. The van der Waals surface area contributed by atoms with Gasteiger partial charge in [-0.15, -0.1) is 11.6 Å². The van der Waals surface area contributed by atoms with E-state index >= 15 is 0 Å². The Morgan fingerprint density at radius 2 is 2.14 bits per heavy atom. The number of carbonyl (C=O) groups excluding carboxylic acids is 2. The van der Waals surface area contributed by atoms with Crippen molar-refractivity contribution in [1.82, 2.24) is 5.32 Å². The van der Waals surface area contributed by atoms with E-state index in [2.05, 4.69) is 5.32 Å². The molecule has 0 saturated carbocycles. The van der Waals surface area contributed by atoms with Crippen molar-refractivity contribution in [3.05, 3.63) is 0 Å². The van der Waals surface area contributed by atoms with E-state index in [-0.39, 0.29) is 11.9 Å². The minimum absolute atomic E-state index is 0.212. The smallest absolute Gasteiger partial charge is 0.305 e. The number of ether oxygens (including phenoxy) is 1. The van der Waals surface area contributed by atoms with Crippen molar-refractivity contribution in [2.45, 2.75) is 32.1 Å². The summed E-state index contributed by atoms with van der Waals surface area (Å²) in [7, 11) is 0. The molecule has 0 aromatic rings. The summed E-state index contributed by atoms with van der Waals surface area (Å²) in [5, 5.41) is 2.07. The van der Waals surface area contributed by atoms with Gasteiger partial charge < -0.3 is 10.1 Å². The van der Waals surface area contributed by atoms with Gasteiger partial charge in [-0.1, -0.05) is 0 Å². The Morgan fingerprint density at radius 3 is 2.64 bits per heavy atom. The first-order valence-corrected chi connectivity index (χ1v) is 5.09. The molecule has 0 heterocycles. The van der Waals surface area contributed by atoms with Crippen molar-refractivity contribution in [2.75, 3.05) is 13.2 Å². The van der Waals surface area contributed by atoms with E-state index in [0.29, 0.717) is 26.0 Å². The van der Waals surface area contributed by atoms with Gasteiger partial charge in [-0.3, -0.25) is 9.59 Å². The van der Waals surface area contributed by atoms with Crippen molar-refractivity contribution in [3.8, 4) is 0 Å². The van der Waals surface area contributed by atoms with Gasteiger partial charge in [0.1, 0.15) is 5.38 Å². The molecule has 0 aromatic carbocycles. The number of hydrogen-bond donors (Lipinski definition) is 1. The zero-order valence-electron chi connectivity index (χ0n) is 8.51. The monoisotopic (exact) mass is 221 g/mol. The molecule has 0 fully saturated rings. The number of alkyl halides is 1. The number of amides is 1. The molecule has 1 amide bonds.